The Bertz CT molecular complexity index is 1030. The van der Waals surface area contributed by atoms with Crippen molar-refractivity contribution in [1.82, 2.24) is 5.32 Å². The predicted molar refractivity (Wildman–Crippen MR) is 116 cm³/mol. The summed E-state index contributed by atoms with van der Waals surface area (Å²) < 4.78 is 11.0. The smallest absolute Gasteiger partial charge is 0.258 e. The lowest BCUT2D eigenvalue weighted by molar-refractivity contribution is -0.123. The van der Waals surface area contributed by atoms with E-state index in [4.69, 9.17) is 9.47 Å². The molecule has 30 heavy (non-hydrogen) atoms. The molecule has 3 rings (SSSR count). The van der Waals surface area contributed by atoms with Crippen LogP contribution in [0.2, 0.25) is 0 Å². The lowest BCUT2D eigenvalue weighted by Gasteiger charge is -2.17. The molecule has 1 atom stereocenters. The fraction of sp³-hybridized carbons (Fsp3) is 0.200. The Labute approximate surface area is 176 Å². The second kappa shape index (κ2) is 9.74. The quantitative estimate of drug-likeness (QED) is 0.563. The van der Waals surface area contributed by atoms with E-state index in [1.54, 1.807) is 42.5 Å². The average Bonchev–Trinajstić information content (AvgIpc) is 2.77. The van der Waals surface area contributed by atoms with Crippen LogP contribution in [0.1, 0.15) is 40.0 Å². The second-order valence-corrected chi connectivity index (χ2v) is 6.99. The first-order chi connectivity index (χ1) is 14.5. The number of nitrogens with one attached hydrogen (secondary N) is 1. The molecule has 0 spiro atoms. The zero-order chi connectivity index (χ0) is 21.5. The maximum absolute atomic E-state index is 12.9. The van der Waals surface area contributed by atoms with Crippen LogP contribution in [-0.2, 0) is 4.79 Å². The van der Waals surface area contributed by atoms with Crippen LogP contribution in [-0.4, -0.2) is 25.4 Å². The van der Waals surface area contributed by atoms with Gasteiger partial charge in [-0.3, -0.25) is 9.59 Å². The minimum atomic E-state index is -0.272. The molecule has 0 saturated carbocycles. The van der Waals surface area contributed by atoms with Crippen molar-refractivity contribution in [2.75, 3.05) is 13.7 Å². The van der Waals surface area contributed by atoms with Crippen LogP contribution >= 0.6 is 0 Å². The minimum absolute atomic E-state index is 0.155. The molecule has 0 aliphatic carbocycles. The fourth-order valence-corrected chi connectivity index (χ4v) is 3.26. The van der Waals surface area contributed by atoms with Gasteiger partial charge in [0, 0.05) is 11.6 Å². The third kappa shape index (κ3) is 5.06. The number of benzene rings is 3. The molecule has 1 amide bonds. The molecule has 0 aliphatic rings. The van der Waals surface area contributed by atoms with Crippen LogP contribution < -0.4 is 14.8 Å². The monoisotopic (exact) mass is 403 g/mol. The molecule has 5 heteroatoms. The van der Waals surface area contributed by atoms with Crippen molar-refractivity contribution in [2.24, 2.45) is 0 Å². The number of ketones is 1. The number of carbonyl (C=O) groups is 2. The first-order valence-corrected chi connectivity index (χ1v) is 9.75. The van der Waals surface area contributed by atoms with Gasteiger partial charge >= 0.3 is 0 Å². The number of carbonyl (C=O) groups excluding carboxylic acids is 2. The third-order valence-corrected chi connectivity index (χ3v) is 4.86. The highest BCUT2D eigenvalue weighted by atomic mass is 16.5. The molecule has 1 N–H and O–H groups in total. The molecular formula is C25H25NO4. The SMILES string of the molecule is COc1ccc(C(=O)c2ccccc2)c(OCC(=O)N[C@H](C)c2ccccc2C)c1. The van der Waals surface area contributed by atoms with Gasteiger partial charge < -0.3 is 14.8 Å². The minimum Gasteiger partial charge on any atom is -0.497 e. The van der Waals surface area contributed by atoms with E-state index in [1.165, 1.54) is 7.11 Å². The topological polar surface area (TPSA) is 64.6 Å². The lowest BCUT2D eigenvalue weighted by atomic mass is 10.0. The van der Waals surface area contributed by atoms with Crippen LogP contribution in [0.5, 0.6) is 11.5 Å². The van der Waals surface area contributed by atoms with Crippen LogP contribution in [0.3, 0.4) is 0 Å². The van der Waals surface area contributed by atoms with Crippen LogP contribution in [0.15, 0.2) is 72.8 Å². The van der Waals surface area contributed by atoms with Gasteiger partial charge in [-0.2, -0.15) is 0 Å². The van der Waals surface area contributed by atoms with Crippen molar-refractivity contribution in [3.63, 3.8) is 0 Å². The Balaban J connectivity index is 1.73. The summed E-state index contributed by atoms with van der Waals surface area (Å²) >= 11 is 0. The number of rotatable bonds is 8. The van der Waals surface area contributed by atoms with E-state index in [1.807, 2.05) is 44.2 Å². The molecule has 0 saturated heterocycles. The molecule has 0 unspecified atom stereocenters. The van der Waals surface area contributed by atoms with Gasteiger partial charge in [-0.1, -0.05) is 54.6 Å². The summed E-state index contributed by atoms with van der Waals surface area (Å²) in [6.45, 7) is 3.72. The number of amides is 1. The maximum Gasteiger partial charge on any atom is 0.258 e. The van der Waals surface area contributed by atoms with Gasteiger partial charge in [0.05, 0.1) is 18.7 Å². The van der Waals surface area contributed by atoms with Gasteiger partial charge in [-0.25, -0.2) is 0 Å². The molecule has 0 aliphatic heterocycles. The molecule has 0 radical (unpaired) electrons. The molecule has 154 valence electrons. The van der Waals surface area contributed by atoms with Crippen molar-refractivity contribution in [1.29, 1.82) is 0 Å². The third-order valence-electron chi connectivity index (χ3n) is 4.86. The van der Waals surface area contributed by atoms with Crippen molar-refractivity contribution in [2.45, 2.75) is 19.9 Å². The second-order valence-electron chi connectivity index (χ2n) is 6.99. The van der Waals surface area contributed by atoms with Crippen molar-refractivity contribution >= 4 is 11.7 Å². The van der Waals surface area contributed by atoms with E-state index in [9.17, 15) is 9.59 Å². The summed E-state index contributed by atoms with van der Waals surface area (Å²) in [6, 6.07) is 21.7. The Kier molecular flexibility index (Phi) is 6.86. The Morgan fingerprint density at radius 2 is 1.67 bits per heavy atom. The number of methoxy groups -OCH3 is 1. The van der Waals surface area contributed by atoms with E-state index in [0.717, 1.165) is 11.1 Å². The molecule has 0 fully saturated rings. The van der Waals surface area contributed by atoms with E-state index < -0.39 is 0 Å². The summed E-state index contributed by atoms with van der Waals surface area (Å²) in [6.07, 6.45) is 0. The summed E-state index contributed by atoms with van der Waals surface area (Å²) in [7, 11) is 1.54. The number of ether oxygens (including phenoxy) is 2. The van der Waals surface area contributed by atoms with Gasteiger partial charge in [0.1, 0.15) is 11.5 Å². The lowest BCUT2D eigenvalue weighted by Crippen LogP contribution is -2.31. The molecule has 3 aromatic rings. The van der Waals surface area contributed by atoms with Crippen molar-refractivity contribution in [3.8, 4) is 11.5 Å². The van der Waals surface area contributed by atoms with Crippen LogP contribution in [0.4, 0.5) is 0 Å². The first kappa shape index (κ1) is 21.1. The molecule has 0 aromatic heterocycles. The Morgan fingerprint density at radius 1 is 0.967 bits per heavy atom. The van der Waals surface area contributed by atoms with Gasteiger partial charge in [0.25, 0.3) is 5.91 Å². The van der Waals surface area contributed by atoms with Gasteiger partial charge in [-0.05, 0) is 37.1 Å². The normalized spacial score (nSPS) is 11.4. The van der Waals surface area contributed by atoms with E-state index in [-0.39, 0.29) is 24.3 Å². The Hall–Kier alpha value is -3.60. The zero-order valence-corrected chi connectivity index (χ0v) is 17.3. The standard InChI is InChI=1S/C25H25NO4/c1-17-9-7-8-12-21(17)18(2)26-24(27)16-30-23-15-20(29-3)13-14-22(23)25(28)19-10-5-4-6-11-19/h4-15,18H,16H2,1-3H3,(H,26,27)/t18-/m1/s1. The fourth-order valence-electron chi connectivity index (χ4n) is 3.26. The maximum atomic E-state index is 12.9. The molecule has 0 heterocycles. The van der Waals surface area contributed by atoms with Gasteiger partial charge in [0.2, 0.25) is 0 Å². The molecule has 0 bridgehead atoms. The van der Waals surface area contributed by atoms with Gasteiger partial charge in [0.15, 0.2) is 12.4 Å². The van der Waals surface area contributed by atoms with Crippen molar-refractivity contribution < 1.29 is 19.1 Å². The summed E-state index contributed by atoms with van der Waals surface area (Å²) in [5.41, 5.74) is 3.08. The largest absolute Gasteiger partial charge is 0.497 e. The van der Waals surface area contributed by atoms with Crippen LogP contribution in [0.25, 0.3) is 0 Å². The highest BCUT2D eigenvalue weighted by Gasteiger charge is 2.18. The Morgan fingerprint density at radius 3 is 2.37 bits per heavy atom. The van der Waals surface area contributed by atoms with E-state index >= 15 is 0 Å². The summed E-state index contributed by atoms with van der Waals surface area (Å²) in [5, 5.41) is 2.94. The highest BCUT2D eigenvalue weighted by Crippen LogP contribution is 2.27. The molecule has 5 nitrogen and oxygen atoms in total. The number of hydrogen-bond donors (Lipinski definition) is 1. The van der Waals surface area contributed by atoms with E-state index in [0.29, 0.717) is 22.6 Å². The highest BCUT2D eigenvalue weighted by molar-refractivity contribution is 6.10. The first-order valence-electron chi connectivity index (χ1n) is 9.75. The average molecular weight is 403 g/mol. The zero-order valence-electron chi connectivity index (χ0n) is 17.3. The van der Waals surface area contributed by atoms with E-state index in [2.05, 4.69) is 5.32 Å². The number of hydrogen-bond acceptors (Lipinski definition) is 4. The van der Waals surface area contributed by atoms with Gasteiger partial charge in [-0.15, -0.1) is 0 Å². The van der Waals surface area contributed by atoms with Crippen molar-refractivity contribution in [3.05, 3.63) is 95.1 Å². The predicted octanol–water partition coefficient (Wildman–Crippen LogP) is 4.49. The summed E-state index contributed by atoms with van der Waals surface area (Å²) in [5.74, 6) is 0.402. The molecule has 3 aromatic carbocycles. The summed E-state index contributed by atoms with van der Waals surface area (Å²) in [4.78, 5) is 25.4. The van der Waals surface area contributed by atoms with Crippen LogP contribution in [0, 0.1) is 6.92 Å². The number of aryl methyl sites for hydroxylation is 1. The molecular weight excluding hydrogens is 378 g/mol.